The van der Waals surface area contributed by atoms with Crippen LogP contribution in [0.15, 0.2) is 24.3 Å². The Labute approximate surface area is 116 Å². The number of anilines is 1. The molecule has 0 fully saturated rings. The molecule has 0 bridgehead atoms. The van der Waals surface area contributed by atoms with Crippen molar-refractivity contribution in [2.75, 3.05) is 11.9 Å². The standard InChI is InChI=1S/C14H9F6N/c15-8-3-1-7(2-4-8)5-6-21-14-12(19)10(17)9(16)11(18)13(14)20/h1-4,21H,5-6H2. The first kappa shape index (κ1) is 15.2. The average Bonchev–Trinajstić information content (AvgIpc) is 2.48. The van der Waals surface area contributed by atoms with Gasteiger partial charge in [-0.1, -0.05) is 12.1 Å². The minimum Gasteiger partial charge on any atom is -0.380 e. The monoisotopic (exact) mass is 305 g/mol. The van der Waals surface area contributed by atoms with Gasteiger partial charge in [0.1, 0.15) is 11.5 Å². The number of hydrogen-bond donors (Lipinski definition) is 1. The average molecular weight is 305 g/mol. The maximum Gasteiger partial charge on any atom is 0.200 e. The molecule has 0 aliphatic rings. The van der Waals surface area contributed by atoms with Gasteiger partial charge in [0.05, 0.1) is 0 Å². The summed E-state index contributed by atoms with van der Waals surface area (Å²) >= 11 is 0. The third-order valence-electron chi connectivity index (χ3n) is 2.84. The molecule has 2 aromatic rings. The molecule has 0 aromatic heterocycles. The second-order valence-corrected chi connectivity index (χ2v) is 4.25. The molecule has 0 aliphatic carbocycles. The van der Waals surface area contributed by atoms with Gasteiger partial charge < -0.3 is 5.32 Å². The second-order valence-electron chi connectivity index (χ2n) is 4.25. The van der Waals surface area contributed by atoms with Crippen molar-refractivity contribution in [3.05, 3.63) is 64.7 Å². The highest BCUT2D eigenvalue weighted by Crippen LogP contribution is 2.26. The van der Waals surface area contributed by atoms with Gasteiger partial charge in [0.25, 0.3) is 0 Å². The Morgan fingerprint density at radius 1 is 0.667 bits per heavy atom. The minimum absolute atomic E-state index is 0.0794. The lowest BCUT2D eigenvalue weighted by Crippen LogP contribution is -2.12. The molecule has 0 aliphatic heterocycles. The van der Waals surface area contributed by atoms with Crippen LogP contribution in [-0.4, -0.2) is 6.54 Å². The van der Waals surface area contributed by atoms with Crippen molar-refractivity contribution in [2.45, 2.75) is 6.42 Å². The van der Waals surface area contributed by atoms with Gasteiger partial charge in [-0.25, -0.2) is 26.3 Å². The fourth-order valence-electron chi connectivity index (χ4n) is 1.74. The smallest absolute Gasteiger partial charge is 0.200 e. The van der Waals surface area contributed by atoms with Crippen LogP contribution in [0.5, 0.6) is 0 Å². The van der Waals surface area contributed by atoms with E-state index in [2.05, 4.69) is 5.32 Å². The van der Waals surface area contributed by atoms with E-state index in [9.17, 15) is 26.3 Å². The van der Waals surface area contributed by atoms with Crippen LogP contribution < -0.4 is 5.32 Å². The molecule has 0 saturated carbocycles. The van der Waals surface area contributed by atoms with Crippen molar-refractivity contribution >= 4 is 5.69 Å². The van der Waals surface area contributed by atoms with Crippen molar-refractivity contribution in [1.82, 2.24) is 0 Å². The molecule has 0 spiro atoms. The Balaban J connectivity index is 2.12. The topological polar surface area (TPSA) is 12.0 Å². The van der Waals surface area contributed by atoms with Crippen LogP contribution in [0.3, 0.4) is 0 Å². The quantitative estimate of drug-likeness (QED) is 0.508. The van der Waals surface area contributed by atoms with Crippen LogP contribution in [0.25, 0.3) is 0 Å². The van der Waals surface area contributed by atoms with Gasteiger partial charge in [-0.3, -0.25) is 0 Å². The molecule has 0 atom stereocenters. The highest BCUT2D eigenvalue weighted by molar-refractivity contribution is 5.47. The molecule has 1 N–H and O–H groups in total. The summed E-state index contributed by atoms with van der Waals surface area (Å²) in [6.45, 7) is -0.0794. The van der Waals surface area contributed by atoms with Gasteiger partial charge in [0.2, 0.25) is 5.82 Å². The molecule has 112 valence electrons. The lowest BCUT2D eigenvalue weighted by molar-refractivity contribution is 0.381. The minimum atomic E-state index is -2.20. The molecule has 2 aromatic carbocycles. The van der Waals surface area contributed by atoms with E-state index in [1.165, 1.54) is 24.3 Å². The molecule has 0 radical (unpaired) electrons. The van der Waals surface area contributed by atoms with Gasteiger partial charge in [-0.05, 0) is 24.1 Å². The molecular formula is C14H9F6N. The summed E-state index contributed by atoms with van der Waals surface area (Å²) in [7, 11) is 0. The van der Waals surface area contributed by atoms with Crippen molar-refractivity contribution in [3.8, 4) is 0 Å². The maximum atomic E-state index is 13.3. The molecule has 0 saturated heterocycles. The summed E-state index contributed by atoms with van der Waals surface area (Å²) in [4.78, 5) is 0. The van der Waals surface area contributed by atoms with Crippen molar-refractivity contribution in [1.29, 1.82) is 0 Å². The van der Waals surface area contributed by atoms with E-state index in [4.69, 9.17) is 0 Å². The zero-order valence-corrected chi connectivity index (χ0v) is 10.5. The Bertz CT molecular complexity index is 624. The number of nitrogens with one attached hydrogen (secondary N) is 1. The van der Waals surface area contributed by atoms with Crippen molar-refractivity contribution in [2.24, 2.45) is 0 Å². The van der Waals surface area contributed by atoms with Crippen molar-refractivity contribution in [3.63, 3.8) is 0 Å². The lowest BCUT2D eigenvalue weighted by Gasteiger charge is -2.10. The van der Waals surface area contributed by atoms with Crippen LogP contribution in [0.1, 0.15) is 5.56 Å². The summed E-state index contributed by atoms with van der Waals surface area (Å²) in [6, 6.07) is 5.31. The van der Waals surface area contributed by atoms with Gasteiger partial charge in [-0.15, -0.1) is 0 Å². The normalized spacial score (nSPS) is 10.8. The van der Waals surface area contributed by atoms with Gasteiger partial charge >= 0.3 is 0 Å². The highest BCUT2D eigenvalue weighted by atomic mass is 19.2. The first-order chi connectivity index (χ1) is 9.91. The molecule has 0 heterocycles. The zero-order valence-electron chi connectivity index (χ0n) is 10.5. The Morgan fingerprint density at radius 3 is 1.67 bits per heavy atom. The van der Waals surface area contributed by atoms with E-state index in [1.54, 1.807) is 0 Å². The highest BCUT2D eigenvalue weighted by Gasteiger charge is 2.25. The number of hydrogen-bond acceptors (Lipinski definition) is 1. The fraction of sp³-hybridized carbons (Fsp3) is 0.143. The van der Waals surface area contributed by atoms with Crippen LogP contribution in [0.4, 0.5) is 32.0 Å². The van der Waals surface area contributed by atoms with E-state index < -0.39 is 40.6 Å². The molecule has 21 heavy (non-hydrogen) atoms. The molecule has 7 heteroatoms. The summed E-state index contributed by atoms with van der Waals surface area (Å²) in [6.07, 6.45) is 0.222. The third kappa shape index (κ3) is 3.12. The largest absolute Gasteiger partial charge is 0.380 e. The van der Waals surface area contributed by atoms with E-state index in [0.717, 1.165) is 0 Å². The van der Waals surface area contributed by atoms with Crippen LogP contribution in [0.2, 0.25) is 0 Å². The first-order valence-corrected chi connectivity index (χ1v) is 5.91. The first-order valence-electron chi connectivity index (χ1n) is 5.91. The molecule has 0 unspecified atom stereocenters. The predicted octanol–water partition coefficient (Wildman–Crippen LogP) is 4.18. The lowest BCUT2D eigenvalue weighted by atomic mass is 10.1. The summed E-state index contributed by atoms with van der Waals surface area (Å²) < 4.78 is 78.1. The fourth-order valence-corrected chi connectivity index (χ4v) is 1.74. The van der Waals surface area contributed by atoms with E-state index in [-0.39, 0.29) is 13.0 Å². The predicted molar refractivity (Wildman–Crippen MR) is 64.8 cm³/mol. The molecular weight excluding hydrogens is 296 g/mol. The summed E-state index contributed by atoms with van der Waals surface area (Å²) in [5.41, 5.74) is -0.429. The number of benzene rings is 2. The van der Waals surface area contributed by atoms with Crippen LogP contribution >= 0.6 is 0 Å². The zero-order chi connectivity index (χ0) is 15.6. The maximum absolute atomic E-state index is 13.3. The van der Waals surface area contributed by atoms with E-state index >= 15 is 0 Å². The molecule has 2 rings (SSSR count). The van der Waals surface area contributed by atoms with E-state index in [1.807, 2.05) is 0 Å². The Morgan fingerprint density at radius 2 is 1.14 bits per heavy atom. The van der Waals surface area contributed by atoms with Gasteiger partial charge in [0.15, 0.2) is 23.3 Å². The third-order valence-corrected chi connectivity index (χ3v) is 2.84. The SMILES string of the molecule is Fc1ccc(CCNc2c(F)c(F)c(F)c(F)c2F)cc1. The van der Waals surface area contributed by atoms with Gasteiger partial charge in [-0.2, -0.15) is 0 Å². The van der Waals surface area contributed by atoms with Crippen LogP contribution in [-0.2, 0) is 6.42 Å². The van der Waals surface area contributed by atoms with Gasteiger partial charge in [0, 0.05) is 6.54 Å². The number of halogens is 6. The second kappa shape index (κ2) is 6.07. The molecule has 1 nitrogen and oxygen atoms in total. The van der Waals surface area contributed by atoms with Crippen molar-refractivity contribution < 1.29 is 26.3 Å². The summed E-state index contributed by atoms with van der Waals surface area (Å²) in [5, 5.41) is 2.16. The molecule has 0 amide bonds. The Kier molecular flexibility index (Phi) is 4.40. The van der Waals surface area contributed by atoms with Crippen LogP contribution in [0, 0.1) is 34.9 Å². The van der Waals surface area contributed by atoms with E-state index in [0.29, 0.717) is 5.56 Å². The number of rotatable bonds is 4. The Hall–Kier alpha value is -2.18. The summed E-state index contributed by atoms with van der Waals surface area (Å²) in [5.74, 6) is -10.5.